The molecule has 0 aliphatic rings. The molecule has 0 radical (unpaired) electrons. The Kier molecular flexibility index (Phi) is 6.05. The van der Waals surface area contributed by atoms with Gasteiger partial charge in [-0.15, -0.1) is 0 Å². The lowest BCUT2D eigenvalue weighted by atomic mass is 10.2. The Labute approximate surface area is 139 Å². The van der Waals surface area contributed by atoms with Gasteiger partial charge in [0.25, 0.3) is 5.91 Å². The Morgan fingerprint density at radius 1 is 1.17 bits per heavy atom. The summed E-state index contributed by atoms with van der Waals surface area (Å²) in [5.41, 5.74) is 0.997. The molecule has 0 aliphatic heterocycles. The van der Waals surface area contributed by atoms with Gasteiger partial charge in [-0.05, 0) is 55.0 Å². The number of anilines is 1. The Balaban J connectivity index is 2.01. The van der Waals surface area contributed by atoms with Gasteiger partial charge in [0.05, 0.1) is 12.2 Å². The van der Waals surface area contributed by atoms with Crippen molar-refractivity contribution in [3.63, 3.8) is 0 Å². The van der Waals surface area contributed by atoms with Crippen molar-refractivity contribution in [1.82, 2.24) is 5.32 Å². The topological polar surface area (TPSA) is 50.4 Å². The van der Waals surface area contributed by atoms with E-state index >= 15 is 0 Å². The third-order valence-electron chi connectivity index (χ3n) is 2.92. The van der Waals surface area contributed by atoms with Crippen LogP contribution in [0.3, 0.4) is 0 Å². The second kappa shape index (κ2) is 8.24. The van der Waals surface area contributed by atoms with Crippen LogP contribution >= 0.6 is 12.2 Å². The van der Waals surface area contributed by atoms with Crippen molar-refractivity contribution in [3.05, 3.63) is 59.9 Å². The molecule has 2 rings (SSSR count). The molecule has 4 nitrogen and oxygen atoms in total. The normalized spacial score (nSPS) is 10.0. The number of para-hydroxylation sites is 1. The van der Waals surface area contributed by atoms with Gasteiger partial charge in [0.1, 0.15) is 11.6 Å². The SMILES string of the molecule is CCCOc1ccccc1C(=O)NC(=S)Nc1ccc(F)cc1. The number of benzene rings is 2. The van der Waals surface area contributed by atoms with E-state index in [9.17, 15) is 9.18 Å². The third kappa shape index (κ3) is 5.03. The van der Waals surface area contributed by atoms with Gasteiger partial charge in [-0.1, -0.05) is 19.1 Å². The summed E-state index contributed by atoms with van der Waals surface area (Å²) >= 11 is 5.10. The fraction of sp³-hybridized carbons (Fsp3) is 0.176. The molecule has 120 valence electrons. The molecular weight excluding hydrogens is 315 g/mol. The molecule has 0 aliphatic carbocycles. The number of halogens is 1. The Morgan fingerprint density at radius 3 is 2.57 bits per heavy atom. The highest BCUT2D eigenvalue weighted by Gasteiger charge is 2.13. The van der Waals surface area contributed by atoms with E-state index in [4.69, 9.17) is 17.0 Å². The maximum absolute atomic E-state index is 12.9. The first-order valence-corrected chi connectivity index (χ1v) is 7.60. The van der Waals surface area contributed by atoms with E-state index < -0.39 is 0 Å². The van der Waals surface area contributed by atoms with E-state index in [2.05, 4.69) is 10.6 Å². The van der Waals surface area contributed by atoms with Gasteiger partial charge < -0.3 is 10.1 Å². The lowest BCUT2D eigenvalue weighted by Crippen LogP contribution is -2.34. The summed E-state index contributed by atoms with van der Waals surface area (Å²) in [6.07, 6.45) is 0.848. The lowest BCUT2D eigenvalue weighted by molar-refractivity contribution is 0.0973. The molecule has 0 fully saturated rings. The van der Waals surface area contributed by atoms with Crippen LogP contribution in [0.1, 0.15) is 23.7 Å². The van der Waals surface area contributed by atoms with Crippen LogP contribution in [0.25, 0.3) is 0 Å². The first-order valence-electron chi connectivity index (χ1n) is 7.20. The third-order valence-corrected chi connectivity index (χ3v) is 3.13. The van der Waals surface area contributed by atoms with Crippen molar-refractivity contribution in [2.75, 3.05) is 11.9 Å². The Bertz CT molecular complexity index is 689. The summed E-state index contributed by atoms with van der Waals surface area (Å²) < 4.78 is 18.4. The zero-order valence-electron chi connectivity index (χ0n) is 12.6. The highest BCUT2D eigenvalue weighted by atomic mass is 32.1. The predicted molar refractivity (Wildman–Crippen MR) is 92.3 cm³/mol. The maximum Gasteiger partial charge on any atom is 0.261 e. The zero-order chi connectivity index (χ0) is 16.7. The van der Waals surface area contributed by atoms with E-state index in [1.54, 1.807) is 24.3 Å². The number of ether oxygens (including phenoxy) is 1. The number of nitrogens with one attached hydrogen (secondary N) is 2. The number of hydrogen-bond acceptors (Lipinski definition) is 3. The quantitative estimate of drug-likeness (QED) is 0.819. The molecule has 1 amide bonds. The van der Waals surface area contributed by atoms with Gasteiger partial charge >= 0.3 is 0 Å². The van der Waals surface area contributed by atoms with E-state index in [1.165, 1.54) is 24.3 Å². The van der Waals surface area contributed by atoms with Crippen LogP contribution in [-0.4, -0.2) is 17.6 Å². The molecule has 2 N–H and O–H groups in total. The van der Waals surface area contributed by atoms with Crippen LogP contribution in [0.2, 0.25) is 0 Å². The number of rotatable bonds is 5. The number of carbonyl (C=O) groups is 1. The van der Waals surface area contributed by atoms with Crippen LogP contribution in [-0.2, 0) is 0 Å². The molecule has 2 aromatic rings. The first kappa shape index (κ1) is 16.9. The molecule has 6 heteroatoms. The number of thiocarbonyl (C=S) groups is 1. The van der Waals surface area contributed by atoms with Crippen LogP contribution in [0.5, 0.6) is 5.75 Å². The van der Waals surface area contributed by atoms with E-state index in [-0.39, 0.29) is 16.8 Å². The summed E-state index contributed by atoms with van der Waals surface area (Å²) in [6.45, 7) is 2.52. The average Bonchev–Trinajstić information content (AvgIpc) is 2.55. The minimum atomic E-state index is -0.365. The van der Waals surface area contributed by atoms with Crippen molar-refractivity contribution < 1.29 is 13.9 Å². The molecule has 0 bridgehead atoms. The minimum absolute atomic E-state index is 0.131. The van der Waals surface area contributed by atoms with Gasteiger partial charge in [0, 0.05) is 5.69 Å². The fourth-order valence-corrected chi connectivity index (χ4v) is 2.07. The van der Waals surface area contributed by atoms with Crippen LogP contribution < -0.4 is 15.4 Å². The molecule has 23 heavy (non-hydrogen) atoms. The molecular formula is C17H17FN2O2S. The second-order valence-electron chi connectivity index (χ2n) is 4.76. The maximum atomic E-state index is 12.9. The molecule has 0 spiro atoms. The van der Waals surface area contributed by atoms with Crippen molar-refractivity contribution in [2.24, 2.45) is 0 Å². The molecule has 0 saturated carbocycles. The standard InChI is InChI=1S/C17H17FN2O2S/c1-2-11-22-15-6-4-3-5-14(15)16(21)20-17(23)19-13-9-7-12(18)8-10-13/h3-10H,2,11H2,1H3,(H2,19,20,21,23). The molecule has 0 unspecified atom stereocenters. The molecule has 0 aromatic heterocycles. The summed E-state index contributed by atoms with van der Waals surface area (Å²) in [5.74, 6) is -0.194. The fourth-order valence-electron chi connectivity index (χ4n) is 1.86. The number of hydrogen-bond donors (Lipinski definition) is 2. The minimum Gasteiger partial charge on any atom is -0.493 e. The van der Waals surface area contributed by atoms with Gasteiger partial charge in [-0.3, -0.25) is 10.1 Å². The van der Waals surface area contributed by atoms with Gasteiger partial charge in [-0.25, -0.2) is 4.39 Å². The van der Waals surface area contributed by atoms with Crippen LogP contribution in [0, 0.1) is 5.82 Å². The zero-order valence-corrected chi connectivity index (χ0v) is 13.5. The van der Waals surface area contributed by atoms with Crippen LogP contribution in [0.4, 0.5) is 10.1 Å². The monoisotopic (exact) mass is 332 g/mol. The van der Waals surface area contributed by atoms with Crippen LogP contribution in [0.15, 0.2) is 48.5 Å². The van der Waals surface area contributed by atoms with E-state index in [0.717, 1.165) is 6.42 Å². The predicted octanol–water partition coefficient (Wildman–Crippen LogP) is 3.74. The highest BCUT2D eigenvalue weighted by molar-refractivity contribution is 7.80. The molecule has 0 atom stereocenters. The Hall–Kier alpha value is -2.47. The van der Waals surface area contributed by atoms with Crippen molar-refractivity contribution >= 4 is 28.9 Å². The largest absolute Gasteiger partial charge is 0.493 e. The van der Waals surface area contributed by atoms with Crippen molar-refractivity contribution in [2.45, 2.75) is 13.3 Å². The van der Waals surface area contributed by atoms with E-state index in [1.807, 2.05) is 6.92 Å². The summed E-state index contributed by atoms with van der Waals surface area (Å²) in [4.78, 5) is 12.3. The smallest absolute Gasteiger partial charge is 0.261 e. The number of carbonyl (C=O) groups excluding carboxylic acids is 1. The molecule has 0 heterocycles. The summed E-state index contributed by atoms with van der Waals surface area (Å²) in [5, 5.41) is 5.54. The summed E-state index contributed by atoms with van der Waals surface area (Å²) in [6, 6.07) is 12.6. The molecule has 2 aromatic carbocycles. The highest BCUT2D eigenvalue weighted by Crippen LogP contribution is 2.18. The van der Waals surface area contributed by atoms with Gasteiger partial charge in [-0.2, -0.15) is 0 Å². The molecule has 0 saturated heterocycles. The van der Waals surface area contributed by atoms with Gasteiger partial charge in [0.2, 0.25) is 0 Å². The lowest BCUT2D eigenvalue weighted by Gasteiger charge is -2.12. The average molecular weight is 332 g/mol. The number of amides is 1. The van der Waals surface area contributed by atoms with Gasteiger partial charge in [0.15, 0.2) is 5.11 Å². The summed E-state index contributed by atoms with van der Waals surface area (Å²) in [7, 11) is 0. The van der Waals surface area contributed by atoms with E-state index in [0.29, 0.717) is 23.6 Å². The first-order chi connectivity index (χ1) is 11.1. The second-order valence-corrected chi connectivity index (χ2v) is 5.17. The van der Waals surface area contributed by atoms with Crippen molar-refractivity contribution in [1.29, 1.82) is 0 Å². The van der Waals surface area contributed by atoms with Crippen molar-refractivity contribution in [3.8, 4) is 5.75 Å². The Morgan fingerprint density at radius 2 is 1.87 bits per heavy atom.